The van der Waals surface area contributed by atoms with Gasteiger partial charge >= 0.3 is 5.97 Å². The molecule has 0 fully saturated rings. The lowest BCUT2D eigenvalue weighted by molar-refractivity contribution is -0.143. The second-order valence-corrected chi connectivity index (χ2v) is 4.20. The monoisotopic (exact) mass is 230 g/mol. The standard InChI is InChI=1S/C11H22N2O3/c1-8(2)9(11(15)16)7-13-10(14)5-4-6-12-3/h8-9,12H,4-7H2,1-3H3,(H,13,14)(H,15,16). The lowest BCUT2D eigenvalue weighted by Crippen LogP contribution is -2.35. The first-order valence-electron chi connectivity index (χ1n) is 5.63. The average molecular weight is 230 g/mol. The summed E-state index contributed by atoms with van der Waals surface area (Å²) >= 11 is 0. The van der Waals surface area contributed by atoms with Gasteiger partial charge in [0.05, 0.1) is 5.92 Å². The Balaban J connectivity index is 3.83. The Kier molecular flexibility index (Phi) is 7.54. The smallest absolute Gasteiger partial charge is 0.308 e. The Morgan fingerprint density at radius 2 is 1.94 bits per heavy atom. The molecule has 1 atom stereocenters. The number of hydrogen-bond donors (Lipinski definition) is 3. The van der Waals surface area contributed by atoms with Gasteiger partial charge in [0.2, 0.25) is 5.91 Å². The van der Waals surface area contributed by atoms with Crippen LogP contribution in [-0.4, -0.2) is 37.1 Å². The maximum Gasteiger partial charge on any atom is 0.308 e. The maximum absolute atomic E-state index is 11.3. The number of rotatable bonds is 8. The first-order valence-corrected chi connectivity index (χ1v) is 5.63. The predicted octanol–water partition coefficient (Wildman–Crippen LogP) is 0.459. The number of nitrogens with one attached hydrogen (secondary N) is 2. The van der Waals surface area contributed by atoms with Crippen LogP contribution in [0.25, 0.3) is 0 Å². The molecular formula is C11H22N2O3. The molecule has 0 aliphatic rings. The molecule has 16 heavy (non-hydrogen) atoms. The van der Waals surface area contributed by atoms with Crippen molar-refractivity contribution in [2.45, 2.75) is 26.7 Å². The van der Waals surface area contributed by atoms with Crippen LogP contribution in [-0.2, 0) is 9.59 Å². The highest BCUT2D eigenvalue weighted by Crippen LogP contribution is 2.09. The molecule has 1 amide bonds. The number of carbonyl (C=O) groups excluding carboxylic acids is 1. The zero-order chi connectivity index (χ0) is 12.6. The molecule has 0 rings (SSSR count). The fourth-order valence-electron chi connectivity index (χ4n) is 1.35. The molecule has 5 heteroatoms. The average Bonchev–Trinajstić information content (AvgIpc) is 2.17. The molecule has 0 aromatic rings. The summed E-state index contributed by atoms with van der Waals surface area (Å²) < 4.78 is 0. The maximum atomic E-state index is 11.3. The molecule has 5 nitrogen and oxygen atoms in total. The molecule has 0 spiro atoms. The molecule has 0 aliphatic carbocycles. The minimum atomic E-state index is -0.856. The summed E-state index contributed by atoms with van der Waals surface area (Å²) in [5, 5.41) is 14.5. The van der Waals surface area contributed by atoms with Gasteiger partial charge in [0.1, 0.15) is 0 Å². The molecule has 1 unspecified atom stereocenters. The fraction of sp³-hybridized carbons (Fsp3) is 0.818. The minimum Gasteiger partial charge on any atom is -0.481 e. The van der Waals surface area contributed by atoms with Crippen molar-refractivity contribution in [3.63, 3.8) is 0 Å². The second kappa shape index (κ2) is 8.10. The zero-order valence-electron chi connectivity index (χ0n) is 10.2. The van der Waals surface area contributed by atoms with Gasteiger partial charge in [-0.15, -0.1) is 0 Å². The van der Waals surface area contributed by atoms with E-state index in [2.05, 4.69) is 10.6 Å². The van der Waals surface area contributed by atoms with Crippen molar-refractivity contribution in [2.24, 2.45) is 11.8 Å². The Morgan fingerprint density at radius 3 is 2.38 bits per heavy atom. The summed E-state index contributed by atoms with van der Waals surface area (Å²) in [6.07, 6.45) is 1.20. The summed E-state index contributed by atoms with van der Waals surface area (Å²) in [6, 6.07) is 0. The van der Waals surface area contributed by atoms with Gasteiger partial charge in [-0.3, -0.25) is 9.59 Å². The zero-order valence-corrected chi connectivity index (χ0v) is 10.2. The number of aliphatic carboxylic acids is 1. The van der Waals surface area contributed by atoms with Gasteiger partial charge in [-0.1, -0.05) is 13.8 Å². The van der Waals surface area contributed by atoms with Crippen molar-refractivity contribution in [1.82, 2.24) is 10.6 Å². The largest absolute Gasteiger partial charge is 0.481 e. The Morgan fingerprint density at radius 1 is 1.31 bits per heavy atom. The summed E-state index contributed by atoms with van der Waals surface area (Å²) in [5.74, 6) is -1.42. The molecular weight excluding hydrogens is 208 g/mol. The molecule has 0 aromatic heterocycles. The molecule has 94 valence electrons. The number of hydrogen-bond acceptors (Lipinski definition) is 3. The molecule has 0 saturated carbocycles. The van der Waals surface area contributed by atoms with Gasteiger partial charge in [0.25, 0.3) is 0 Å². The van der Waals surface area contributed by atoms with E-state index in [0.717, 1.165) is 13.0 Å². The van der Waals surface area contributed by atoms with Gasteiger partial charge in [0.15, 0.2) is 0 Å². The fourth-order valence-corrected chi connectivity index (χ4v) is 1.35. The lowest BCUT2D eigenvalue weighted by Gasteiger charge is -2.16. The van der Waals surface area contributed by atoms with Crippen LogP contribution in [0, 0.1) is 11.8 Å². The van der Waals surface area contributed by atoms with E-state index in [4.69, 9.17) is 5.11 Å². The normalized spacial score (nSPS) is 12.5. The number of amides is 1. The lowest BCUT2D eigenvalue weighted by atomic mass is 9.96. The van der Waals surface area contributed by atoms with Crippen LogP contribution in [0.15, 0.2) is 0 Å². The summed E-state index contributed by atoms with van der Waals surface area (Å²) in [6.45, 7) is 4.68. The second-order valence-electron chi connectivity index (χ2n) is 4.20. The quantitative estimate of drug-likeness (QED) is 0.529. The van der Waals surface area contributed by atoms with Gasteiger partial charge in [0, 0.05) is 13.0 Å². The van der Waals surface area contributed by atoms with Crippen LogP contribution >= 0.6 is 0 Å². The highest BCUT2D eigenvalue weighted by molar-refractivity contribution is 5.77. The topological polar surface area (TPSA) is 78.4 Å². The van der Waals surface area contributed by atoms with Crippen LogP contribution in [0.2, 0.25) is 0 Å². The molecule has 0 aliphatic heterocycles. The van der Waals surface area contributed by atoms with Gasteiger partial charge in [-0.2, -0.15) is 0 Å². The molecule has 0 saturated heterocycles. The SMILES string of the molecule is CNCCCC(=O)NCC(C(=O)O)C(C)C. The van der Waals surface area contributed by atoms with E-state index in [1.165, 1.54) is 0 Å². The van der Waals surface area contributed by atoms with Gasteiger partial charge in [-0.25, -0.2) is 0 Å². The summed E-state index contributed by atoms with van der Waals surface area (Å²) in [7, 11) is 1.83. The van der Waals surface area contributed by atoms with Crippen LogP contribution in [0.4, 0.5) is 0 Å². The van der Waals surface area contributed by atoms with E-state index >= 15 is 0 Å². The summed E-state index contributed by atoms with van der Waals surface area (Å²) in [4.78, 5) is 22.2. The summed E-state index contributed by atoms with van der Waals surface area (Å²) in [5.41, 5.74) is 0. The van der Waals surface area contributed by atoms with Crippen LogP contribution in [0.5, 0.6) is 0 Å². The van der Waals surface area contributed by atoms with E-state index in [9.17, 15) is 9.59 Å². The Hall–Kier alpha value is -1.10. The van der Waals surface area contributed by atoms with Crippen molar-refractivity contribution < 1.29 is 14.7 Å². The van der Waals surface area contributed by atoms with Crippen LogP contribution < -0.4 is 10.6 Å². The van der Waals surface area contributed by atoms with Crippen molar-refractivity contribution in [3.05, 3.63) is 0 Å². The van der Waals surface area contributed by atoms with Gasteiger partial charge < -0.3 is 15.7 Å². The van der Waals surface area contributed by atoms with Crippen LogP contribution in [0.1, 0.15) is 26.7 Å². The van der Waals surface area contributed by atoms with E-state index in [-0.39, 0.29) is 18.4 Å². The van der Waals surface area contributed by atoms with Crippen molar-refractivity contribution in [1.29, 1.82) is 0 Å². The Labute approximate surface area is 96.6 Å². The third-order valence-electron chi connectivity index (χ3n) is 2.47. The van der Waals surface area contributed by atoms with Crippen molar-refractivity contribution in [3.8, 4) is 0 Å². The van der Waals surface area contributed by atoms with E-state index < -0.39 is 11.9 Å². The highest BCUT2D eigenvalue weighted by atomic mass is 16.4. The Bertz CT molecular complexity index is 229. The van der Waals surface area contributed by atoms with Crippen LogP contribution in [0.3, 0.4) is 0 Å². The van der Waals surface area contributed by atoms with E-state index in [1.807, 2.05) is 20.9 Å². The first kappa shape index (κ1) is 14.9. The molecule has 0 aromatic carbocycles. The van der Waals surface area contributed by atoms with Crippen molar-refractivity contribution in [2.75, 3.05) is 20.1 Å². The predicted molar refractivity (Wildman–Crippen MR) is 62.1 cm³/mol. The third-order valence-corrected chi connectivity index (χ3v) is 2.47. The van der Waals surface area contributed by atoms with Gasteiger partial charge in [-0.05, 0) is 25.9 Å². The highest BCUT2D eigenvalue weighted by Gasteiger charge is 2.21. The van der Waals surface area contributed by atoms with Crippen molar-refractivity contribution >= 4 is 11.9 Å². The molecule has 0 heterocycles. The minimum absolute atomic E-state index is 0.0232. The molecule has 0 radical (unpaired) electrons. The third kappa shape index (κ3) is 6.40. The first-order chi connectivity index (χ1) is 7.49. The molecule has 3 N–H and O–H groups in total. The van der Waals surface area contributed by atoms with E-state index in [1.54, 1.807) is 0 Å². The number of carboxylic acid groups (broad SMARTS) is 1. The van der Waals surface area contributed by atoms with E-state index in [0.29, 0.717) is 6.42 Å². The molecule has 0 bridgehead atoms. The number of carbonyl (C=O) groups is 2. The number of carboxylic acids is 1.